The van der Waals surface area contributed by atoms with Crippen LogP contribution >= 0.6 is 0 Å². The number of nitro groups is 1. The van der Waals surface area contributed by atoms with Crippen LogP contribution in [-0.2, 0) is 4.79 Å². The lowest BCUT2D eigenvalue weighted by Gasteiger charge is -2.25. The Labute approximate surface area is 119 Å². The van der Waals surface area contributed by atoms with E-state index in [0.29, 0.717) is 19.5 Å². The van der Waals surface area contributed by atoms with Crippen LogP contribution in [0.2, 0.25) is 0 Å². The Morgan fingerprint density at radius 3 is 2.50 bits per heavy atom. The molecule has 1 unspecified atom stereocenters. The zero-order chi connectivity index (χ0) is 15.0. The lowest BCUT2D eigenvalue weighted by molar-refractivity contribution is -0.480. The predicted molar refractivity (Wildman–Crippen MR) is 78.2 cm³/mol. The van der Waals surface area contributed by atoms with Gasteiger partial charge in [0, 0.05) is 24.4 Å². The third-order valence-corrected chi connectivity index (χ3v) is 3.24. The van der Waals surface area contributed by atoms with E-state index >= 15 is 0 Å². The molecule has 5 nitrogen and oxygen atoms in total. The highest BCUT2D eigenvalue weighted by molar-refractivity contribution is 5.83. The lowest BCUT2D eigenvalue weighted by Crippen LogP contribution is -2.36. The van der Waals surface area contributed by atoms with E-state index in [1.54, 1.807) is 4.90 Å². The molecular weight excluding hydrogens is 256 g/mol. The fraction of sp³-hybridized carbons (Fsp3) is 0.533. The highest BCUT2D eigenvalue weighted by atomic mass is 16.6. The standard InChI is InChI=1S/C15H22N2O3/c1-3-10-16(11-7-12-17(19)20)15(18)13(2)14-8-5-4-6-9-14/h4-6,8-9,13H,3,7,10-12H2,1-2H3. The maximum absolute atomic E-state index is 12.5. The zero-order valence-electron chi connectivity index (χ0n) is 12.1. The van der Waals surface area contributed by atoms with Crippen LogP contribution in [0.25, 0.3) is 0 Å². The summed E-state index contributed by atoms with van der Waals surface area (Å²) in [5, 5.41) is 10.4. The van der Waals surface area contributed by atoms with Crippen LogP contribution in [0.15, 0.2) is 30.3 Å². The Morgan fingerprint density at radius 1 is 1.30 bits per heavy atom. The van der Waals surface area contributed by atoms with Gasteiger partial charge >= 0.3 is 0 Å². The van der Waals surface area contributed by atoms with Crippen LogP contribution in [0.4, 0.5) is 0 Å². The van der Waals surface area contributed by atoms with Gasteiger partial charge in [-0.25, -0.2) is 0 Å². The minimum absolute atomic E-state index is 0.0430. The molecule has 0 fully saturated rings. The average Bonchev–Trinajstić information content (AvgIpc) is 2.45. The van der Waals surface area contributed by atoms with Gasteiger partial charge in [0.2, 0.25) is 12.5 Å². The monoisotopic (exact) mass is 278 g/mol. The van der Waals surface area contributed by atoms with Gasteiger partial charge in [0.25, 0.3) is 0 Å². The maximum Gasteiger partial charge on any atom is 0.229 e. The summed E-state index contributed by atoms with van der Waals surface area (Å²) >= 11 is 0. The second kappa shape index (κ2) is 8.30. The van der Waals surface area contributed by atoms with Gasteiger partial charge in [-0.1, -0.05) is 37.3 Å². The van der Waals surface area contributed by atoms with Crippen molar-refractivity contribution in [3.63, 3.8) is 0 Å². The molecule has 1 rings (SSSR count). The van der Waals surface area contributed by atoms with Gasteiger partial charge < -0.3 is 4.90 Å². The van der Waals surface area contributed by atoms with Gasteiger partial charge in [-0.3, -0.25) is 14.9 Å². The van der Waals surface area contributed by atoms with Crippen molar-refractivity contribution >= 4 is 5.91 Å². The van der Waals surface area contributed by atoms with E-state index in [-0.39, 0.29) is 23.3 Å². The van der Waals surface area contributed by atoms with Gasteiger partial charge in [-0.15, -0.1) is 0 Å². The molecule has 0 aromatic heterocycles. The predicted octanol–water partition coefficient (Wildman–Crippen LogP) is 2.70. The number of carbonyl (C=O) groups is 1. The van der Waals surface area contributed by atoms with Crippen molar-refractivity contribution in [1.29, 1.82) is 0 Å². The topological polar surface area (TPSA) is 63.4 Å². The molecule has 0 saturated carbocycles. The third-order valence-electron chi connectivity index (χ3n) is 3.24. The number of amides is 1. The molecule has 20 heavy (non-hydrogen) atoms. The van der Waals surface area contributed by atoms with Crippen LogP contribution in [0.5, 0.6) is 0 Å². The number of nitrogens with zero attached hydrogens (tertiary/aromatic N) is 2. The first kappa shape index (κ1) is 16.1. The fourth-order valence-corrected chi connectivity index (χ4v) is 2.15. The molecule has 1 atom stereocenters. The van der Waals surface area contributed by atoms with Crippen LogP contribution in [-0.4, -0.2) is 35.4 Å². The van der Waals surface area contributed by atoms with E-state index in [9.17, 15) is 14.9 Å². The first-order valence-corrected chi connectivity index (χ1v) is 7.01. The van der Waals surface area contributed by atoms with Crippen molar-refractivity contribution in [3.8, 4) is 0 Å². The van der Waals surface area contributed by atoms with E-state index in [0.717, 1.165) is 12.0 Å². The van der Waals surface area contributed by atoms with E-state index in [4.69, 9.17) is 0 Å². The molecule has 0 aliphatic heterocycles. The normalized spacial score (nSPS) is 11.9. The largest absolute Gasteiger partial charge is 0.342 e. The van der Waals surface area contributed by atoms with E-state index < -0.39 is 0 Å². The van der Waals surface area contributed by atoms with Crippen molar-refractivity contribution in [2.45, 2.75) is 32.6 Å². The molecule has 0 aliphatic rings. The van der Waals surface area contributed by atoms with Gasteiger partial charge in [0.15, 0.2) is 0 Å². The molecule has 0 aliphatic carbocycles. The van der Waals surface area contributed by atoms with Gasteiger partial charge in [-0.2, -0.15) is 0 Å². The Hall–Kier alpha value is -1.91. The van der Waals surface area contributed by atoms with E-state index in [1.807, 2.05) is 44.2 Å². The molecular formula is C15H22N2O3. The Kier molecular flexibility index (Phi) is 6.70. The summed E-state index contributed by atoms with van der Waals surface area (Å²) in [5.74, 6) is -0.167. The Morgan fingerprint density at radius 2 is 1.95 bits per heavy atom. The molecule has 5 heteroatoms. The van der Waals surface area contributed by atoms with Crippen LogP contribution < -0.4 is 0 Å². The SMILES string of the molecule is CCCN(CCC[N+](=O)[O-])C(=O)C(C)c1ccccc1. The summed E-state index contributed by atoms with van der Waals surface area (Å²) in [6.07, 6.45) is 1.26. The minimum Gasteiger partial charge on any atom is -0.342 e. The summed E-state index contributed by atoms with van der Waals surface area (Å²) in [5.41, 5.74) is 0.980. The molecule has 0 N–H and O–H groups in total. The highest BCUT2D eigenvalue weighted by Gasteiger charge is 2.21. The number of hydrogen-bond donors (Lipinski definition) is 0. The number of benzene rings is 1. The van der Waals surface area contributed by atoms with Crippen molar-refractivity contribution in [1.82, 2.24) is 4.90 Å². The van der Waals surface area contributed by atoms with Gasteiger partial charge in [0.1, 0.15) is 0 Å². The quantitative estimate of drug-likeness (QED) is 0.542. The molecule has 0 saturated heterocycles. The molecule has 1 aromatic rings. The Bertz CT molecular complexity index is 434. The van der Waals surface area contributed by atoms with Crippen molar-refractivity contribution in [2.75, 3.05) is 19.6 Å². The number of rotatable bonds is 8. The molecule has 110 valence electrons. The van der Waals surface area contributed by atoms with Gasteiger partial charge in [-0.05, 0) is 18.9 Å². The molecule has 0 heterocycles. The van der Waals surface area contributed by atoms with Crippen molar-refractivity contribution in [3.05, 3.63) is 46.0 Å². The molecule has 1 aromatic carbocycles. The summed E-state index contributed by atoms with van der Waals surface area (Å²) in [6.45, 7) is 4.89. The molecule has 1 amide bonds. The van der Waals surface area contributed by atoms with E-state index in [2.05, 4.69) is 0 Å². The lowest BCUT2D eigenvalue weighted by atomic mass is 9.99. The third kappa shape index (κ3) is 4.99. The van der Waals surface area contributed by atoms with Crippen LogP contribution in [0, 0.1) is 10.1 Å². The second-order valence-electron chi connectivity index (χ2n) is 4.87. The molecule has 0 radical (unpaired) electrons. The molecule has 0 bridgehead atoms. The maximum atomic E-state index is 12.5. The summed E-state index contributed by atoms with van der Waals surface area (Å²) in [7, 11) is 0. The van der Waals surface area contributed by atoms with Crippen molar-refractivity contribution < 1.29 is 9.72 Å². The summed E-state index contributed by atoms with van der Waals surface area (Å²) in [4.78, 5) is 24.2. The van der Waals surface area contributed by atoms with Crippen LogP contribution in [0.3, 0.4) is 0 Å². The fourth-order valence-electron chi connectivity index (χ4n) is 2.15. The first-order chi connectivity index (χ1) is 9.56. The first-order valence-electron chi connectivity index (χ1n) is 7.01. The zero-order valence-corrected chi connectivity index (χ0v) is 12.1. The van der Waals surface area contributed by atoms with Crippen molar-refractivity contribution in [2.24, 2.45) is 0 Å². The Balaban J connectivity index is 2.65. The highest BCUT2D eigenvalue weighted by Crippen LogP contribution is 2.18. The van der Waals surface area contributed by atoms with Gasteiger partial charge in [0.05, 0.1) is 5.92 Å². The second-order valence-corrected chi connectivity index (χ2v) is 4.87. The number of carbonyl (C=O) groups excluding carboxylic acids is 1. The average molecular weight is 278 g/mol. The smallest absolute Gasteiger partial charge is 0.229 e. The summed E-state index contributed by atoms with van der Waals surface area (Å²) in [6, 6.07) is 9.61. The number of hydrogen-bond acceptors (Lipinski definition) is 3. The summed E-state index contributed by atoms with van der Waals surface area (Å²) < 4.78 is 0. The minimum atomic E-state index is -0.338. The molecule has 0 spiro atoms. The van der Waals surface area contributed by atoms with E-state index in [1.165, 1.54) is 0 Å². The van der Waals surface area contributed by atoms with Crippen LogP contribution in [0.1, 0.15) is 38.2 Å².